The predicted octanol–water partition coefficient (Wildman–Crippen LogP) is 1.15. The van der Waals surface area contributed by atoms with E-state index in [1.54, 1.807) is 6.20 Å². The topological polar surface area (TPSA) is 77.4 Å². The second-order valence-electron chi connectivity index (χ2n) is 8.80. The van der Waals surface area contributed by atoms with E-state index in [1.807, 2.05) is 16.7 Å². The minimum Gasteiger partial charge on any atom is -0.392 e. The van der Waals surface area contributed by atoms with E-state index in [-0.39, 0.29) is 11.7 Å². The molecule has 0 aromatic carbocycles. The molecular weight excluding hydrogens is 354 g/mol. The van der Waals surface area contributed by atoms with Crippen molar-refractivity contribution in [2.75, 3.05) is 26.2 Å². The first kappa shape index (κ1) is 18.1. The minimum absolute atomic E-state index is 0.175. The molecule has 5 heterocycles. The van der Waals surface area contributed by atoms with Crippen LogP contribution in [0.25, 0.3) is 0 Å². The van der Waals surface area contributed by atoms with Gasteiger partial charge in [-0.15, -0.1) is 0 Å². The Labute approximate surface area is 165 Å². The van der Waals surface area contributed by atoms with Gasteiger partial charge in [0.2, 0.25) is 0 Å². The number of hydrogen-bond donors (Lipinski definition) is 2. The van der Waals surface area contributed by atoms with Crippen LogP contribution in [0.3, 0.4) is 0 Å². The van der Waals surface area contributed by atoms with Crippen LogP contribution >= 0.6 is 0 Å². The van der Waals surface area contributed by atoms with Gasteiger partial charge in [0, 0.05) is 68.3 Å². The molecule has 2 N–H and O–H groups in total. The summed E-state index contributed by atoms with van der Waals surface area (Å²) >= 11 is 0. The van der Waals surface area contributed by atoms with Crippen molar-refractivity contribution in [2.24, 2.45) is 5.92 Å². The van der Waals surface area contributed by atoms with Crippen molar-refractivity contribution >= 4 is 0 Å². The fourth-order valence-corrected chi connectivity index (χ4v) is 5.37. The van der Waals surface area contributed by atoms with Crippen LogP contribution in [0, 0.1) is 5.92 Å². The number of likely N-dealkylation sites (tertiary alicyclic amines) is 2. The lowest BCUT2D eigenvalue weighted by molar-refractivity contribution is 0.0663. The fourth-order valence-electron chi connectivity index (χ4n) is 5.37. The minimum atomic E-state index is -0.255. The molecule has 3 aliphatic heterocycles. The zero-order valence-corrected chi connectivity index (χ0v) is 16.3. The third-order valence-electron chi connectivity index (χ3n) is 6.59. The third kappa shape index (κ3) is 3.54. The molecule has 0 radical (unpaired) electrons. The van der Waals surface area contributed by atoms with Crippen molar-refractivity contribution in [1.82, 2.24) is 24.6 Å². The van der Waals surface area contributed by atoms with Gasteiger partial charge in [0.25, 0.3) is 5.56 Å². The van der Waals surface area contributed by atoms with Gasteiger partial charge in [-0.2, -0.15) is 5.10 Å². The first-order valence-electron chi connectivity index (χ1n) is 10.5. The molecule has 0 amide bonds. The molecule has 2 bridgehead atoms. The predicted molar refractivity (Wildman–Crippen MR) is 106 cm³/mol. The Bertz CT molecular complexity index is 877. The van der Waals surface area contributed by atoms with E-state index in [0.717, 1.165) is 56.8 Å². The number of hydrogen-bond acceptors (Lipinski definition) is 5. The second kappa shape index (κ2) is 7.46. The summed E-state index contributed by atoms with van der Waals surface area (Å²) in [5, 5.41) is 17.0. The van der Waals surface area contributed by atoms with Crippen LogP contribution in [0.2, 0.25) is 0 Å². The highest BCUT2D eigenvalue weighted by Gasteiger charge is 2.35. The number of fused-ring (bicyclic) bond motifs is 4. The van der Waals surface area contributed by atoms with Crippen molar-refractivity contribution in [3.8, 4) is 0 Å². The number of rotatable bonds is 4. The number of aliphatic hydroxyl groups excluding tert-OH is 1. The molecule has 2 aromatic heterocycles. The normalized spacial score (nSPS) is 28.2. The van der Waals surface area contributed by atoms with Crippen molar-refractivity contribution in [1.29, 1.82) is 0 Å². The Hall–Kier alpha value is -1.96. The highest BCUT2D eigenvalue weighted by Crippen LogP contribution is 2.35. The summed E-state index contributed by atoms with van der Waals surface area (Å²) in [6.07, 6.45) is 4.60. The van der Waals surface area contributed by atoms with Crippen LogP contribution in [0.1, 0.15) is 42.1 Å². The van der Waals surface area contributed by atoms with Crippen molar-refractivity contribution < 1.29 is 5.11 Å². The quantitative estimate of drug-likeness (QED) is 0.828. The van der Waals surface area contributed by atoms with Gasteiger partial charge in [-0.05, 0) is 43.9 Å². The summed E-state index contributed by atoms with van der Waals surface area (Å²) in [6.45, 7) is 6.03. The summed E-state index contributed by atoms with van der Waals surface area (Å²) in [4.78, 5) is 17.9. The van der Waals surface area contributed by atoms with Gasteiger partial charge in [-0.1, -0.05) is 6.07 Å². The van der Waals surface area contributed by atoms with E-state index in [1.165, 1.54) is 12.1 Å². The SMILES string of the molecule is O=c1c(CN2CCC[C@H](O)C2)ccc2n1C[C@H]1C[C@@H]2CN(Cc2ccn[nH]2)C1. The molecule has 2 fully saturated rings. The number of aliphatic hydroxyl groups is 1. The smallest absolute Gasteiger partial charge is 0.255 e. The first-order valence-corrected chi connectivity index (χ1v) is 10.5. The van der Waals surface area contributed by atoms with Gasteiger partial charge in [0.1, 0.15) is 0 Å². The molecule has 2 saturated heterocycles. The number of aromatic nitrogens is 3. The maximum Gasteiger partial charge on any atom is 0.255 e. The lowest BCUT2D eigenvalue weighted by atomic mass is 9.83. The van der Waals surface area contributed by atoms with Gasteiger partial charge < -0.3 is 9.67 Å². The van der Waals surface area contributed by atoms with E-state index < -0.39 is 0 Å². The highest BCUT2D eigenvalue weighted by atomic mass is 16.3. The van der Waals surface area contributed by atoms with Gasteiger partial charge in [-0.3, -0.25) is 19.7 Å². The zero-order chi connectivity index (χ0) is 19.1. The Morgan fingerprint density at radius 1 is 1.11 bits per heavy atom. The standard InChI is InChI=1S/C21H29N5O2/c27-19-2-1-7-24(14-19)11-16-3-4-20-17-8-15(10-26(20)21(16)28)9-25(12-17)13-18-5-6-22-23-18/h3-6,15,17,19,27H,1-2,7-14H2,(H,22,23)/t15-,17+,19-/m0/s1. The molecule has 28 heavy (non-hydrogen) atoms. The molecule has 150 valence electrons. The molecule has 2 aromatic rings. The third-order valence-corrected chi connectivity index (χ3v) is 6.59. The first-order chi connectivity index (χ1) is 13.7. The Morgan fingerprint density at radius 2 is 2.04 bits per heavy atom. The molecule has 3 aliphatic rings. The second-order valence-corrected chi connectivity index (χ2v) is 8.80. The van der Waals surface area contributed by atoms with E-state index in [0.29, 0.717) is 24.9 Å². The number of β-amino-alcohol motifs (C(OH)–C–C–N with tert-alkyl or cyclic N) is 1. The van der Waals surface area contributed by atoms with Crippen molar-refractivity contribution in [3.05, 3.63) is 51.7 Å². The van der Waals surface area contributed by atoms with Crippen molar-refractivity contribution in [2.45, 2.75) is 50.9 Å². The number of H-pyrrole nitrogens is 1. The van der Waals surface area contributed by atoms with Gasteiger partial charge in [0.05, 0.1) is 6.10 Å². The monoisotopic (exact) mass is 383 g/mol. The van der Waals surface area contributed by atoms with E-state index in [9.17, 15) is 9.90 Å². The Kier molecular flexibility index (Phi) is 4.82. The number of piperidine rings is 2. The molecule has 3 atom stereocenters. The molecule has 7 heteroatoms. The number of nitrogens with one attached hydrogen (secondary N) is 1. The summed E-state index contributed by atoms with van der Waals surface area (Å²) in [5.41, 5.74) is 3.39. The average molecular weight is 383 g/mol. The Balaban J connectivity index is 1.34. The molecule has 5 rings (SSSR count). The van der Waals surface area contributed by atoms with Crippen LogP contribution in [0.4, 0.5) is 0 Å². The zero-order valence-electron chi connectivity index (χ0n) is 16.3. The summed E-state index contributed by atoms with van der Waals surface area (Å²) in [5.74, 6) is 0.952. The maximum atomic E-state index is 13.2. The molecule has 0 unspecified atom stereocenters. The number of nitrogens with zero attached hydrogens (tertiary/aromatic N) is 4. The van der Waals surface area contributed by atoms with E-state index in [4.69, 9.17) is 0 Å². The van der Waals surface area contributed by atoms with Gasteiger partial charge >= 0.3 is 0 Å². The molecular formula is C21H29N5O2. The van der Waals surface area contributed by atoms with Crippen LogP contribution in [-0.2, 0) is 19.6 Å². The van der Waals surface area contributed by atoms with Crippen LogP contribution in [0.15, 0.2) is 29.2 Å². The lowest BCUT2D eigenvalue weighted by Crippen LogP contribution is -2.47. The van der Waals surface area contributed by atoms with Gasteiger partial charge in [0.15, 0.2) is 0 Å². The van der Waals surface area contributed by atoms with Gasteiger partial charge in [-0.25, -0.2) is 0 Å². The van der Waals surface area contributed by atoms with Crippen LogP contribution < -0.4 is 5.56 Å². The summed E-state index contributed by atoms with van der Waals surface area (Å²) in [7, 11) is 0. The Morgan fingerprint density at radius 3 is 2.86 bits per heavy atom. The van der Waals surface area contributed by atoms with E-state index in [2.05, 4.69) is 26.1 Å². The van der Waals surface area contributed by atoms with E-state index >= 15 is 0 Å². The summed E-state index contributed by atoms with van der Waals surface area (Å²) in [6, 6.07) is 6.24. The molecule has 7 nitrogen and oxygen atoms in total. The number of pyridine rings is 1. The fraction of sp³-hybridized carbons (Fsp3) is 0.619. The average Bonchev–Trinajstić information content (AvgIpc) is 3.17. The molecule has 0 aliphatic carbocycles. The van der Waals surface area contributed by atoms with Crippen molar-refractivity contribution in [3.63, 3.8) is 0 Å². The molecule has 0 saturated carbocycles. The maximum absolute atomic E-state index is 13.2. The van der Waals surface area contributed by atoms with Crippen LogP contribution in [-0.4, -0.2) is 62.0 Å². The number of aromatic amines is 1. The highest BCUT2D eigenvalue weighted by molar-refractivity contribution is 5.22. The largest absolute Gasteiger partial charge is 0.392 e. The van der Waals surface area contributed by atoms with Crippen LogP contribution in [0.5, 0.6) is 0 Å². The lowest BCUT2D eigenvalue weighted by Gasteiger charge is -2.43. The molecule has 0 spiro atoms. The summed E-state index contributed by atoms with van der Waals surface area (Å²) < 4.78 is 2.04.